The van der Waals surface area contributed by atoms with Gasteiger partial charge in [-0.2, -0.15) is 0 Å². The van der Waals surface area contributed by atoms with E-state index in [1.165, 1.54) is 5.56 Å². The molecule has 4 heteroatoms. The van der Waals surface area contributed by atoms with Crippen LogP contribution in [-0.4, -0.2) is 30.2 Å². The van der Waals surface area contributed by atoms with E-state index >= 15 is 0 Å². The summed E-state index contributed by atoms with van der Waals surface area (Å²) in [4.78, 5) is 12.3. The zero-order valence-electron chi connectivity index (χ0n) is 13.2. The van der Waals surface area contributed by atoms with Crippen molar-refractivity contribution < 1.29 is 9.90 Å². The summed E-state index contributed by atoms with van der Waals surface area (Å²) < 4.78 is 0. The predicted molar refractivity (Wildman–Crippen MR) is 84.3 cm³/mol. The average Bonchev–Trinajstić information content (AvgIpc) is 2.42. The van der Waals surface area contributed by atoms with Crippen molar-refractivity contribution >= 4 is 5.91 Å². The molecule has 1 aromatic carbocycles. The van der Waals surface area contributed by atoms with Gasteiger partial charge in [0.2, 0.25) is 0 Å². The molecule has 1 aromatic rings. The highest BCUT2D eigenvalue weighted by molar-refractivity contribution is 5.96. The number of fused-ring (bicyclic) bond motifs is 1. The molecule has 1 aliphatic rings. The summed E-state index contributed by atoms with van der Waals surface area (Å²) in [6.07, 6.45) is 1.04. The van der Waals surface area contributed by atoms with Gasteiger partial charge < -0.3 is 15.7 Å². The largest absolute Gasteiger partial charge is 0.391 e. The third-order valence-corrected chi connectivity index (χ3v) is 3.73. The van der Waals surface area contributed by atoms with Crippen LogP contribution in [0.15, 0.2) is 18.2 Å². The number of benzene rings is 1. The minimum absolute atomic E-state index is 0.0573. The monoisotopic (exact) mass is 290 g/mol. The van der Waals surface area contributed by atoms with E-state index in [1.54, 1.807) is 0 Å². The zero-order valence-corrected chi connectivity index (χ0v) is 13.2. The van der Waals surface area contributed by atoms with Crippen LogP contribution in [0.25, 0.3) is 0 Å². The number of amides is 1. The number of hydrogen-bond acceptors (Lipinski definition) is 3. The van der Waals surface area contributed by atoms with Gasteiger partial charge in [-0.05, 0) is 42.0 Å². The second-order valence-electron chi connectivity index (χ2n) is 7.00. The maximum atomic E-state index is 12.3. The minimum Gasteiger partial charge on any atom is -0.391 e. The second kappa shape index (κ2) is 6.58. The summed E-state index contributed by atoms with van der Waals surface area (Å²) in [5.41, 5.74) is 3.14. The van der Waals surface area contributed by atoms with Crippen LogP contribution in [0.5, 0.6) is 0 Å². The molecule has 4 nitrogen and oxygen atoms in total. The molecule has 2 rings (SSSR count). The Morgan fingerprint density at radius 2 is 2.19 bits per heavy atom. The Morgan fingerprint density at radius 1 is 1.43 bits per heavy atom. The number of carbonyl (C=O) groups excluding carboxylic acids is 1. The highest BCUT2D eigenvalue weighted by Crippen LogP contribution is 2.21. The third kappa shape index (κ3) is 4.55. The Morgan fingerprint density at radius 3 is 2.90 bits per heavy atom. The Labute approximate surface area is 126 Å². The molecule has 1 amide bonds. The summed E-state index contributed by atoms with van der Waals surface area (Å²) >= 11 is 0. The molecular formula is C17H26N2O2. The Balaban J connectivity index is 1.98. The fraction of sp³-hybridized carbons (Fsp3) is 0.588. The van der Waals surface area contributed by atoms with E-state index < -0.39 is 6.10 Å². The molecule has 3 N–H and O–H groups in total. The molecule has 0 saturated carbocycles. The summed E-state index contributed by atoms with van der Waals surface area (Å²) in [6.45, 7) is 8.28. The van der Waals surface area contributed by atoms with Crippen molar-refractivity contribution in [1.82, 2.24) is 10.6 Å². The van der Waals surface area contributed by atoms with Crippen LogP contribution in [0, 0.1) is 5.41 Å². The average molecular weight is 290 g/mol. The zero-order chi connectivity index (χ0) is 15.5. The molecule has 1 unspecified atom stereocenters. The first-order chi connectivity index (χ1) is 9.87. The molecule has 1 atom stereocenters. The van der Waals surface area contributed by atoms with E-state index in [0.717, 1.165) is 30.6 Å². The van der Waals surface area contributed by atoms with Crippen molar-refractivity contribution in [2.45, 2.75) is 46.3 Å². The molecule has 0 aromatic heterocycles. The first-order valence-corrected chi connectivity index (χ1v) is 7.64. The van der Waals surface area contributed by atoms with Crippen molar-refractivity contribution in [2.24, 2.45) is 5.41 Å². The van der Waals surface area contributed by atoms with Crippen LogP contribution in [0.1, 0.15) is 48.7 Å². The van der Waals surface area contributed by atoms with Gasteiger partial charge in [-0.25, -0.2) is 0 Å². The molecule has 0 saturated heterocycles. The number of carbonyl (C=O) groups is 1. The fourth-order valence-corrected chi connectivity index (χ4v) is 2.83. The van der Waals surface area contributed by atoms with Gasteiger partial charge in [-0.1, -0.05) is 32.9 Å². The number of hydrogen-bond donors (Lipinski definition) is 3. The lowest BCUT2D eigenvalue weighted by Crippen LogP contribution is -2.35. The summed E-state index contributed by atoms with van der Waals surface area (Å²) in [5.74, 6) is -0.0818. The van der Waals surface area contributed by atoms with Crippen LogP contribution >= 0.6 is 0 Å². The molecule has 116 valence electrons. The molecule has 1 aliphatic heterocycles. The molecular weight excluding hydrogens is 264 g/mol. The van der Waals surface area contributed by atoms with Gasteiger partial charge in [0, 0.05) is 18.7 Å². The molecule has 0 fully saturated rings. The van der Waals surface area contributed by atoms with E-state index in [2.05, 4.69) is 37.5 Å². The number of nitrogens with one attached hydrogen (secondary N) is 2. The lowest BCUT2D eigenvalue weighted by atomic mass is 9.89. The van der Waals surface area contributed by atoms with Crippen LogP contribution in [0.3, 0.4) is 0 Å². The Kier molecular flexibility index (Phi) is 5.01. The lowest BCUT2D eigenvalue weighted by molar-refractivity contribution is 0.0867. The molecule has 21 heavy (non-hydrogen) atoms. The molecule has 0 bridgehead atoms. The van der Waals surface area contributed by atoms with E-state index in [1.807, 2.05) is 12.1 Å². The Hall–Kier alpha value is -1.39. The van der Waals surface area contributed by atoms with Gasteiger partial charge in [0.1, 0.15) is 0 Å². The number of rotatable bonds is 4. The highest BCUT2D eigenvalue weighted by atomic mass is 16.3. The van der Waals surface area contributed by atoms with Crippen molar-refractivity contribution in [1.29, 1.82) is 0 Å². The predicted octanol–water partition coefficient (Wildman–Crippen LogP) is 1.86. The van der Waals surface area contributed by atoms with Crippen molar-refractivity contribution in [2.75, 3.05) is 13.1 Å². The topological polar surface area (TPSA) is 61.4 Å². The van der Waals surface area contributed by atoms with E-state index in [9.17, 15) is 9.90 Å². The molecule has 1 heterocycles. The van der Waals surface area contributed by atoms with Crippen molar-refractivity contribution in [3.63, 3.8) is 0 Å². The van der Waals surface area contributed by atoms with Gasteiger partial charge in [-0.3, -0.25) is 4.79 Å². The molecule has 0 radical (unpaired) electrons. The van der Waals surface area contributed by atoms with E-state index in [4.69, 9.17) is 0 Å². The number of aliphatic hydroxyl groups excluding tert-OH is 1. The standard InChI is InChI=1S/C17H26N2O2/c1-17(2,3)9-13(20)11-19-16(21)15-6-4-5-12-10-18-8-7-14(12)15/h4-6,13,18,20H,7-11H2,1-3H3,(H,19,21). The summed E-state index contributed by atoms with van der Waals surface area (Å²) in [5, 5.41) is 16.2. The van der Waals surface area contributed by atoms with Crippen molar-refractivity contribution in [3.05, 3.63) is 34.9 Å². The van der Waals surface area contributed by atoms with Gasteiger partial charge in [-0.15, -0.1) is 0 Å². The first kappa shape index (κ1) is 16.0. The highest BCUT2D eigenvalue weighted by Gasteiger charge is 2.20. The van der Waals surface area contributed by atoms with Gasteiger partial charge in [0.15, 0.2) is 0 Å². The van der Waals surface area contributed by atoms with Crippen molar-refractivity contribution in [3.8, 4) is 0 Å². The minimum atomic E-state index is -0.504. The SMILES string of the molecule is CC(C)(C)CC(O)CNC(=O)c1cccc2c1CCNC2. The quantitative estimate of drug-likeness (QED) is 0.793. The van der Waals surface area contributed by atoms with Crippen LogP contribution in [0.2, 0.25) is 0 Å². The summed E-state index contributed by atoms with van der Waals surface area (Å²) in [7, 11) is 0. The maximum Gasteiger partial charge on any atom is 0.251 e. The summed E-state index contributed by atoms with van der Waals surface area (Å²) in [6, 6.07) is 5.86. The van der Waals surface area contributed by atoms with Crippen LogP contribution < -0.4 is 10.6 Å². The van der Waals surface area contributed by atoms with E-state index in [0.29, 0.717) is 13.0 Å². The Bertz CT molecular complexity index is 506. The second-order valence-corrected chi connectivity index (χ2v) is 7.00. The van der Waals surface area contributed by atoms with Gasteiger partial charge in [0.05, 0.1) is 6.10 Å². The lowest BCUT2D eigenvalue weighted by Gasteiger charge is -2.23. The maximum absolute atomic E-state index is 12.3. The smallest absolute Gasteiger partial charge is 0.251 e. The fourth-order valence-electron chi connectivity index (χ4n) is 2.83. The van der Waals surface area contributed by atoms with Crippen LogP contribution in [0.4, 0.5) is 0 Å². The normalized spacial score (nSPS) is 16.2. The number of aliphatic hydroxyl groups is 1. The molecule has 0 aliphatic carbocycles. The third-order valence-electron chi connectivity index (χ3n) is 3.73. The van der Waals surface area contributed by atoms with Gasteiger partial charge >= 0.3 is 0 Å². The van der Waals surface area contributed by atoms with Gasteiger partial charge in [0.25, 0.3) is 5.91 Å². The molecule has 0 spiro atoms. The first-order valence-electron chi connectivity index (χ1n) is 7.64. The van der Waals surface area contributed by atoms with Crippen LogP contribution in [-0.2, 0) is 13.0 Å². The van der Waals surface area contributed by atoms with E-state index in [-0.39, 0.29) is 11.3 Å².